The summed E-state index contributed by atoms with van der Waals surface area (Å²) in [6.45, 7) is 0. The highest BCUT2D eigenvalue weighted by Gasteiger charge is 2.15. The molecule has 0 heterocycles. The van der Waals surface area contributed by atoms with Crippen LogP contribution in [0, 0.1) is 0 Å². The Bertz CT molecular complexity index is 500. The maximum absolute atomic E-state index is 12.0. The van der Waals surface area contributed by atoms with Gasteiger partial charge in [-0.1, -0.05) is 36.4 Å². The lowest BCUT2D eigenvalue weighted by molar-refractivity contribution is 0.103. The second kappa shape index (κ2) is 4.06. The van der Waals surface area contributed by atoms with Gasteiger partial charge >= 0.3 is 0 Å². The number of carbonyl (C=O) groups excluding carboxylic acids is 1. The van der Waals surface area contributed by atoms with E-state index in [9.17, 15) is 9.90 Å². The van der Waals surface area contributed by atoms with Gasteiger partial charge in [0.05, 0.1) is 5.56 Å². The summed E-state index contributed by atoms with van der Waals surface area (Å²) in [6, 6.07) is 13.4. The predicted molar refractivity (Wildman–Crippen MR) is 62.4 cm³/mol. The number of nitrogen functional groups attached to an aromatic ring is 1. The first-order valence-electron chi connectivity index (χ1n) is 4.87. The van der Waals surface area contributed by atoms with E-state index in [0.29, 0.717) is 5.56 Å². The van der Waals surface area contributed by atoms with E-state index < -0.39 is 0 Å². The van der Waals surface area contributed by atoms with Crippen LogP contribution in [0.2, 0.25) is 0 Å². The summed E-state index contributed by atoms with van der Waals surface area (Å²) < 4.78 is 0. The molecule has 0 unspecified atom stereocenters. The summed E-state index contributed by atoms with van der Waals surface area (Å²) in [5.41, 5.74) is 6.64. The summed E-state index contributed by atoms with van der Waals surface area (Å²) in [4.78, 5) is 12.0. The van der Waals surface area contributed by atoms with Gasteiger partial charge in [0.2, 0.25) is 0 Å². The largest absolute Gasteiger partial charge is 0.507 e. The van der Waals surface area contributed by atoms with E-state index in [1.165, 1.54) is 6.07 Å². The van der Waals surface area contributed by atoms with Gasteiger partial charge in [-0.2, -0.15) is 0 Å². The molecule has 2 aromatic carbocycles. The maximum atomic E-state index is 12.0. The third-order valence-electron chi connectivity index (χ3n) is 2.34. The first-order valence-corrected chi connectivity index (χ1v) is 4.87. The van der Waals surface area contributed by atoms with E-state index in [2.05, 4.69) is 0 Å². The van der Waals surface area contributed by atoms with Crippen LogP contribution in [0.15, 0.2) is 48.5 Å². The molecule has 0 amide bonds. The molecular weight excluding hydrogens is 202 g/mol. The highest BCUT2D eigenvalue weighted by atomic mass is 16.3. The molecule has 0 saturated heterocycles. The van der Waals surface area contributed by atoms with Crippen molar-refractivity contribution in [1.29, 1.82) is 0 Å². The molecule has 3 nitrogen and oxygen atoms in total. The van der Waals surface area contributed by atoms with Crippen LogP contribution in [0.25, 0.3) is 0 Å². The van der Waals surface area contributed by atoms with E-state index in [1.54, 1.807) is 36.4 Å². The average Bonchev–Trinajstić information content (AvgIpc) is 2.30. The van der Waals surface area contributed by atoms with E-state index >= 15 is 0 Å². The molecule has 2 rings (SSSR count). The van der Waals surface area contributed by atoms with Crippen LogP contribution >= 0.6 is 0 Å². The van der Waals surface area contributed by atoms with Crippen molar-refractivity contribution in [3.8, 4) is 5.75 Å². The standard InChI is InChI=1S/C13H11NO2/c14-10-7-4-8-11(15)12(10)13(16)9-5-2-1-3-6-9/h1-8,15H,14H2. The summed E-state index contributed by atoms with van der Waals surface area (Å²) in [5.74, 6) is -0.356. The molecule has 2 aromatic rings. The summed E-state index contributed by atoms with van der Waals surface area (Å²) in [6.07, 6.45) is 0. The number of nitrogens with two attached hydrogens (primary N) is 1. The second-order valence-electron chi connectivity index (χ2n) is 3.44. The SMILES string of the molecule is Nc1cccc(O)c1C(=O)c1ccccc1. The Labute approximate surface area is 93.1 Å². The Hall–Kier alpha value is -2.29. The van der Waals surface area contributed by atoms with Crippen LogP contribution in [-0.4, -0.2) is 10.9 Å². The van der Waals surface area contributed by atoms with Crippen LogP contribution < -0.4 is 5.73 Å². The number of aromatic hydroxyl groups is 1. The molecule has 0 atom stereocenters. The highest BCUT2D eigenvalue weighted by Crippen LogP contribution is 2.25. The Morgan fingerprint density at radius 2 is 1.69 bits per heavy atom. The molecule has 0 saturated carbocycles. The number of hydrogen-bond donors (Lipinski definition) is 2. The number of phenols is 1. The fourth-order valence-corrected chi connectivity index (χ4v) is 1.54. The number of benzene rings is 2. The lowest BCUT2D eigenvalue weighted by Crippen LogP contribution is -2.05. The minimum absolute atomic E-state index is 0.0890. The number of ketones is 1. The summed E-state index contributed by atoms with van der Waals surface area (Å²) in [5, 5.41) is 9.62. The molecule has 0 aliphatic heterocycles. The topological polar surface area (TPSA) is 63.3 Å². The molecule has 80 valence electrons. The van der Waals surface area contributed by atoms with E-state index in [0.717, 1.165) is 0 Å². The van der Waals surface area contributed by atoms with Gasteiger partial charge in [-0.3, -0.25) is 4.79 Å². The number of hydrogen-bond acceptors (Lipinski definition) is 3. The lowest BCUT2D eigenvalue weighted by atomic mass is 10.0. The molecule has 0 radical (unpaired) electrons. The molecule has 0 aliphatic carbocycles. The third kappa shape index (κ3) is 1.75. The van der Waals surface area contributed by atoms with Gasteiger partial charge in [-0.05, 0) is 12.1 Å². The first-order chi connectivity index (χ1) is 7.70. The number of carbonyl (C=O) groups is 1. The molecule has 0 aliphatic rings. The van der Waals surface area contributed by atoms with Crippen molar-refractivity contribution in [2.45, 2.75) is 0 Å². The van der Waals surface area contributed by atoms with Gasteiger partial charge in [-0.25, -0.2) is 0 Å². The second-order valence-corrected chi connectivity index (χ2v) is 3.44. The van der Waals surface area contributed by atoms with Crippen molar-refractivity contribution in [2.24, 2.45) is 0 Å². The molecule has 0 spiro atoms. The zero-order valence-electron chi connectivity index (χ0n) is 8.55. The number of anilines is 1. The molecular formula is C13H11NO2. The zero-order chi connectivity index (χ0) is 11.5. The Kier molecular flexibility index (Phi) is 2.60. The van der Waals surface area contributed by atoms with Crippen LogP contribution in [0.5, 0.6) is 5.75 Å². The lowest BCUT2D eigenvalue weighted by Gasteiger charge is -2.06. The smallest absolute Gasteiger partial charge is 0.198 e. The third-order valence-corrected chi connectivity index (χ3v) is 2.34. The summed E-state index contributed by atoms with van der Waals surface area (Å²) in [7, 11) is 0. The minimum Gasteiger partial charge on any atom is -0.507 e. The average molecular weight is 213 g/mol. The van der Waals surface area contributed by atoms with Crippen LogP contribution in [-0.2, 0) is 0 Å². The predicted octanol–water partition coefficient (Wildman–Crippen LogP) is 2.21. The maximum Gasteiger partial charge on any atom is 0.198 e. The van der Waals surface area contributed by atoms with Crippen LogP contribution in [0.4, 0.5) is 5.69 Å². The fourth-order valence-electron chi connectivity index (χ4n) is 1.54. The van der Waals surface area contributed by atoms with E-state index in [-0.39, 0.29) is 22.8 Å². The van der Waals surface area contributed by atoms with Crippen molar-refractivity contribution >= 4 is 11.5 Å². The van der Waals surface area contributed by atoms with Crippen LogP contribution in [0.3, 0.4) is 0 Å². The molecule has 3 heteroatoms. The molecule has 0 bridgehead atoms. The quantitative estimate of drug-likeness (QED) is 0.593. The molecule has 0 fully saturated rings. The van der Waals surface area contributed by atoms with Gasteiger partial charge in [0.1, 0.15) is 5.75 Å². The fraction of sp³-hybridized carbons (Fsp3) is 0. The van der Waals surface area contributed by atoms with Crippen molar-refractivity contribution in [1.82, 2.24) is 0 Å². The number of rotatable bonds is 2. The van der Waals surface area contributed by atoms with E-state index in [1.807, 2.05) is 6.07 Å². The highest BCUT2D eigenvalue weighted by molar-refractivity contribution is 6.13. The number of phenolic OH excluding ortho intramolecular Hbond substituents is 1. The Morgan fingerprint density at radius 1 is 1.00 bits per heavy atom. The van der Waals surface area contributed by atoms with Crippen LogP contribution in [0.1, 0.15) is 15.9 Å². The van der Waals surface area contributed by atoms with Gasteiger partial charge in [0.25, 0.3) is 0 Å². The van der Waals surface area contributed by atoms with Gasteiger partial charge in [0.15, 0.2) is 5.78 Å². The monoisotopic (exact) mass is 213 g/mol. The molecule has 3 N–H and O–H groups in total. The normalized spacial score (nSPS) is 10.0. The zero-order valence-corrected chi connectivity index (χ0v) is 8.55. The minimum atomic E-state index is -0.267. The first kappa shape index (κ1) is 10.2. The van der Waals surface area contributed by atoms with Crippen molar-refractivity contribution in [2.75, 3.05) is 5.73 Å². The van der Waals surface area contributed by atoms with Gasteiger partial charge in [0, 0.05) is 11.3 Å². The molecule has 16 heavy (non-hydrogen) atoms. The van der Waals surface area contributed by atoms with Gasteiger partial charge < -0.3 is 10.8 Å². The summed E-state index contributed by atoms with van der Waals surface area (Å²) >= 11 is 0. The van der Waals surface area contributed by atoms with E-state index in [4.69, 9.17) is 5.73 Å². The molecule has 0 aromatic heterocycles. The van der Waals surface area contributed by atoms with Crippen molar-refractivity contribution in [3.05, 3.63) is 59.7 Å². The Balaban J connectivity index is 2.50. The van der Waals surface area contributed by atoms with Crippen molar-refractivity contribution < 1.29 is 9.90 Å². The Morgan fingerprint density at radius 3 is 2.31 bits per heavy atom. The van der Waals surface area contributed by atoms with Gasteiger partial charge in [-0.15, -0.1) is 0 Å². The van der Waals surface area contributed by atoms with Crippen molar-refractivity contribution in [3.63, 3.8) is 0 Å².